The van der Waals surface area contributed by atoms with E-state index in [1.54, 1.807) is 0 Å². The van der Waals surface area contributed by atoms with E-state index >= 15 is 0 Å². The Hall–Kier alpha value is -3.94. The number of rotatable bonds is 6. The Labute approximate surface area is 264 Å². The van der Waals surface area contributed by atoms with Crippen LogP contribution in [0.25, 0.3) is 22.1 Å². The summed E-state index contributed by atoms with van der Waals surface area (Å²) in [7, 11) is 0. The number of fused-ring (bicyclic) bond motifs is 12. The van der Waals surface area contributed by atoms with E-state index in [9.17, 15) is 9.59 Å². The van der Waals surface area contributed by atoms with Gasteiger partial charge in [-0.2, -0.15) is 0 Å². The highest BCUT2D eigenvalue weighted by atomic mass is 16.2. The fraction of sp³-hybridized carbons (Fsp3) is 0.514. The van der Waals surface area contributed by atoms with Crippen LogP contribution in [0.3, 0.4) is 0 Å². The van der Waals surface area contributed by atoms with Gasteiger partial charge in [0, 0.05) is 23.9 Å². The molecule has 4 aliphatic rings. The van der Waals surface area contributed by atoms with Gasteiger partial charge in [-0.25, -0.2) is 19.9 Å². The minimum Gasteiger partial charge on any atom is -0.355 e. The highest BCUT2D eigenvalue weighted by molar-refractivity contribution is 5.94. The normalized spacial score (nSPS) is 31.2. The van der Waals surface area contributed by atoms with Crippen molar-refractivity contribution in [3.05, 3.63) is 71.3 Å². The number of carbonyl (C=O) groups is 2. The molecular formula is C37H42N6O2. The second-order valence-corrected chi connectivity index (χ2v) is 15.4. The summed E-state index contributed by atoms with van der Waals surface area (Å²) < 4.78 is 0. The van der Waals surface area contributed by atoms with Crippen LogP contribution in [0, 0.1) is 10.8 Å². The van der Waals surface area contributed by atoms with E-state index in [-0.39, 0.29) is 33.5 Å². The molecule has 8 nitrogen and oxygen atoms in total. The highest BCUT2D eigenvalue weighted by Crippen LogP contribution is 2.71. The van der Waals surface area contributed by atoms with E-state index in [1.807, 2.05) is 48.5 Å². The lowest BCUT2D eigenvalue weighted by Gasteiger charge is -2.39. The number of hydrogen-bond donors (Lipinski definition) is 2. The number of nitrogens with zero attached hydrogens (tertiary/aromatic N) is 4. The zero-order chi connectivity index (χ0) is 31.6. The summed E-state index contributed by atoms with van der Waals surface area (Å²) in [5.41, 5.74) is 4.44. The quantitative estimate of drug-likeness (QED) is 0.280. The molecule has 2 aromatic heterocycles. The smallest absolute Gasteiger partial charge is 0.232 e. The molecule has 45 heavy (non-hydrogen) atoms. The van der Waals surface area contributed by atoms with Gasteiger partial charge in [-0.05, 0) is 67.2 Å². The topological polar surface area (TPSA) is 110 Å². The van der Waals surface area contributed by atoms with Gasteiger partial charge in [0.1, 0.15) is 0 Å². The first-order valence-corrected chi connectivity index (χ1v) is 16.5. The Morgan fingerprint density at radius 2 is 0.889 bits per heavy atom. The molecule has 0 spiro atoms. The van der Waals surface area contributed by atoms with Crippen LogP contribution >= 0.6 is 0 Å². The van der Waals surface area contributed by atoms with Crippen molar-refractivity contribution in [2.75, 3.05) is 13.1 Å². The molecule has 0 saturated heterocycles. The molecule has 4 atom stereocenters. The van der Waals surface area contributed by atoms with Crippen molar-refractivity contribution >= 4 is 33.9 Å². The SMILES string of the molecule is CC1(C)[C@@]2(C)CC[C@@]1(C(=O)NCCCNC(=O)[C@]13CC[C@](C)(c4nc5ccccc5nc41)C3(C)C)c1nc3ccccc3nc12. The first-order valence-electron chi connectivity index (χ1n) is 16.5. The van der Waals surface area contributed by atoms with E-state index in [1.165, 1.54) is 0 Å². The van der Waals surface area contributed by atoms with E-state index < -0.39 is 10.8 Å². The third-order valence-electron chi connectivity index (χ3n) is 13.6. The van der Waals surface area contributed by atoms with Gasteiger partial charge in [0.25, 0.3) is 0 Å². The van der Waals surface area contributed by atoms with E-state index in [4.69, 9.17) is 19.9 Å². The number of aromatic nitrogens is 4. The van der Waals surface area contributed by atoms with Crippen molar-refractivity contribution in [2.24, 2.45) is 10.8 Å². The Bertz CT molecular complexity index is 1810. The van der Waals surface area contributed by atoms with Crippen molar-refractivity contribution in [2.45, 2.75) is 95.3 Å². The van der Waals surface area contributed by atoms with Gasteiger partial charge in [-0.15, -0.1) is 0 Å². The van der Waals surface area contributed by atoms with Gasteiger partial charge in [-0.3, -0.25) is 9.59 Å². The number of nitrogens with one attached hydrogen (secondary N) is 2. The average Bonchev–Trinajstić information content (AvgIpc) is 3.49. The van der Waals surface area contributed by atoms with Crippen molar-refractivity contribution in [1.29, 1.82) is 0 Å². The number of hydrogen-bond acceptors (Lipinski definition) is 6. The molecule has 0 aliphatic heterocycles. The van der Waals surface area contributed by atoms with Gasteiger partial charge in [0.05, 0.1) is 55.7 Å². The van der Waals surface area contributed by atoms with Gasteiger partial charge in [0.2, 0.25) is 11.8 Å². The van der Waals surface area contributed by atoms with Crippen molar-refractivity contribution in [3.63, 3.8) is 0 Å². The van der Waals surface area contributed by atoms with Crippen LogP contribution in [0.1, 0.15) is 96.4 Å². The van der Waals surface area contributed by atoms with Crippen LogP contribution < -0.4 is 10.6 Å². The molecule has 4 bridgehead atoms. The summed E-state index contributed by atoms with van der Waals surface area (Å²) in [6, 6.07) is 15.9. The zero-order valence-corrected chi connectivity index (χ0v) is 27.2. The summed E-state index contributed by atoms with van der Waals surface area (Å²) in [6.45, 7) is 14.3. The first kappa shape index (κ1) is 28.5. The molecule has 2 heterocycles. The largest absolute Gasteiger partial charge is 0.355 e. The predicted octanol–water partition coefficient (Wildman–Crippen LogP) is 5.55. The maximum absolute atomic E-state index is 14.2. The molecule has 2 fully saturated rings. The number of benzene rings is 2. The standard InChI is InChI=1S/C37H42N6O2/c1-32(2)34(5)16-18-36(32,28-26(34)40-22-12-7-9-14-24(22)42-28)30(44)38-20-11-21-39-31(45)37-19-17-35(6,33(37,3)4)27-29(37)43-25-15-10-8-13-23(25)41-27/h7-10,12-15H,11,16-21H2,1-6H3,(H,38,44)(H,39,45)/t34-,35+,36-,37-/m0/s1. The third kappa shape index (κ3) is 3.13. The lowest BCUT2D eigenvalue weighted by Crippen LogP contribution is -2.52. The van der Waals surface area contributed by atoms with Gasteiger partial charge >= 0.3 is 0 Å². The lowest BCUT2D eigenvalue weighted by atomic mass is 9.63. The van der Waals surface area contributed by atoms with Crippen LogP contribution in [0.2, 0.25) is 0 Å². The third-order valence-corrected chi connectivity index (χ3v) is 13.6. The highest BCUT2D eigenvalue weighted by Gasteiger charge is 2.74. The molecule has 8 rings (SSSR count). The van der Waals surface area contributed by atoms with Crippen molar-refractivity contribution in [1.82, 2.24) is 30.6 Å². The minimum absolute atomic E-state index is 0.0176. The van der Waals surface area contributed by atoms with Crippen LogP contribution in [0.5, 0.6) is 0 Å². The first-order chi connectivity index (χ1) is 21.3. The van der Waals surface area contributed by atoms with Crippen LogP contribution in [0.4, 0.5) is 0 Å². The van der Waals surface area contributed by atoms with Gasteiger partial charge < -0.3 is 10.6 Å². The molecule has 232 valence electrons. The minimum atomic E-state index is -0.732. The molecule has 0 radical (unpaired) electrons. The predicted molar refractivity (Wildman–Crippen MR) is 174 cm³/mol. The fourth-order valence-corrected chi connectivity index (χ4v) is 9.89. The Morgan fingerprint density at radius 3 is 1.24 bits per heavy atom. The van der Waals surface area contributed by atoms with Crippen molar-refractivity contribution < 1.29 is 9.59 Å². The van der Waals surface area contributed by atoms with E-state index in [2.05, 4.69) is 52.2 Å². The molecule has 4 aromatic rings. The molecule has 2 N–H and O–H groups in total. The zero-order valence-electron chi connectivity index (χ0n) is 27.2. The molecule has 8 heteroatoms. The Morgan fingerprint density at radius 1 is 0.556 bits per heavy atom. The van der Waals surface area contributed by atoms with Gasteiger partial charge in [0.15, 0.2) is 0 Å². The fourth-order valence-electron chi connectivity index (χ4n) is 9.89. The number of para-hydroxylation sites is 4. The summed E-state index contributed by atoms with van der Waals surface area (Å²) >= 11 is 0. The van der Waals surface area contributed by atoms with Crippen molar-refractivity contribution in [3.8, 4) is 0 Å². The van der Waals surface area contributed by atoms with Crippen LogP contribution in [0.15, 0.2) is 48.5 Å². The Kier molecular flexibility index (Phi) is 5.62. The molecule has 0 unspecified atom stereocenters. The molecule has 4 aliphatic carbocycles. The van der Waals surface area contributed by atoms with Crippen LogP contribution in [-0.2, 0) is 31.2 Å². The summed E-state index contributed by atoms with van der Waals surface area (Å²) in [6.07, 6.45) is 3.95. The maximum atomic E-state index is 14.2. The number of amides is 2. The monoisotopic (exact) mass is 602 g/mol. The summed E-state index contributed by atoms with van der Waals surface area (Å²) in [5.74, 6) is 0.0353. The second kappa shape index (κ2) is 8.86. The average molecular weight is 603 g/mol. The molecule has 2 aromatic carbocycles. The molecular weight excluding hydrogens is 560 g/mol. The van der Waals surface area contributed by atoms with E-state index in [0.29, 0.717) is 19.5 Å². The Balaban J connectivity index is 0.997. The summed E-state index contributed by atoms with van der Waals surface area (Å²) in [4.78, 5) is 48.6. The summed E-state index contributed by atoms with van der Waals surface area (Å²) in [5, 5.41) is 6.52. The maximum Gasteiger partial charge on any atom is 0.232 e. The molecule has 2 saturated carbocycles. The molecule has 2 amide bonds. The van der Waals surface area contributed by atoms with E-state index in [0.717, 1.165) is 70.5 Å². The second-order valence-electron chi connectivity index (χ2n) is 15.4. The lowest BCUT2D eigenvalue weighted by molar-refractivity contribution is -0.130. The van der Waals surface area contributed by atoms with Crippen LogP contribution in [-0.4, -0.2) is 44.8 Å². The number of carbonyl (C=O) groups excluding carboxylic acids is 2. The van der Waals surface area contributed by atoms with Gasteiger partial charge in [-0.1, -0.05) is 65.8 Å².